The Balaban J connectivity index is 1.10. The van der Waals surface area contributed by atoms with E-state index in [2.05, 4.69) is 10.1 Å². The predicted molar refractivity (Wildman–Crippen MR) is 159 cm³/mol. The maximum absolute atomic E-state index is 13.8. The van der Waals surface area contributed by atoms with E-state index in [1.165, 1.54) is 0 Å². The van der Waals surface area contributed by atoms with Gasteiger partial charge in [-0.15, -0.1) is 0 Å². The molecule has 6 rings (SSSR count). The molecule has 2 fully saturated rings. The van der Waals surface area contributed by atoms with Crippen molar-refractivity contribution in [2.75, 3.05) is 39.5 Å². The highest BCUT2D eigenvalue weighted by molar-refractivity contribution is 6.42. The molecule has 0 radical (unpaired) electrons. The number of benzene rings is 3. The molecule has 11 heteroatoms. The number of amides is 2. The molecule has 0 N–H and O–H groups in total. The number of ether oxygens (including phenoxy) is 2. The van der Waals surface area contributed by atoms with Gasteiger partial charge in [0.25, 0.3) is 5.91 Å². The second-order valence-electron chi connectivity index (χ2n) is 10.5. The summed E-state index contributed by atoms with van der Waals surface area (Å²) in [7, 11) is 0. The van der Waals surface area contributed by atoms with Crippen molar-refractivity contribution in [2.24, 2.45) is 5.16 Å². The summed E-state index contributed by atoms with van der Waals surface area (Å²) >= 11 is 12.1. The molecular weight excluding hydrogens is 579 g/mol. The van der Waals surface area contributed by atoms with Gasteiger partial charge in [0.2, 0.25) is 12.7 Å². The Morgan fingerprint density at radius 2 is 1.64 bits per heavy atom. The van der Waals surface area contributed by atoms with Crippen molar-refractivity contribution in [3.8, 4) is 11.5 Å². The van der Waals surface area contributed by atoms with Gasteiger partial charge in [-0.1, -0.05) is 58.7 Å². The lowest BCUT2D eigenvalue weighted by atomic mass is 10.1. The lowest BCUT2D eigenvalue weighted by molar-refractivity contribution is -0.137. The summed E-state index contributed by atoms with van der Waals surface area (Å²) in [6.07, 6.45) is 0.316. The summed E-state index contributed by atoms with van der Waals surface area (Å²) in [5.74, 6) is 1.26. The average Bonchev–Trinajstić information content (AvgIpc) is 3.66. The van der Waals surface area contributed by atoms with Gasteiger partial charge >= 0.3 is 0 Å². The van der Waals surface area contributed by atoms with E-state index in [-0.39, 0.29) is 31.8 Å². The highest BCUT2D eigenvalue weighted by Crippen LogP contribution is 2.33. The minimum absolute atomic E-state index is 0.0725. The molecule has 3 aliphatic rings. The van der Waals surface area contributed by atoms with Gasteiger partial charge in [-0.25, -0.2) is 0 Å². The number of hydrogen-bond acceptors (Lipinski definition) is 7. The van der Waals surface area contributed by atoms with Crippen LogP contribution in [-0.4, -0.2) is 77.8 Å². The fourth-order valence-corrected chi connectivity index (χ4v) is 5.73. The SMILES string of the molecule is O=C([C@@H]1CC(=NOCc2ccc(Cl)c(Cl)c2)CN1C(=O)c1ccccc1)N1CCN(Cc2ccc3c(c2)OCO3)CC1. The number of hydrogen-bond donors (Lipinski definition) is 0. The zero-order chi connectivity index (χ0) is 29.1. The number of nitrogens with zero attached hydrogens (tertiary/aromatic N) is 4. The normalized spacial score (nSPS) is 19.4. The third-order valence-corrected chi connectivity index (χ3v) is 8.40. The van der Waals surface area contributed by atoms with E-state index in [4.69, 9.17) is 37.5 Å². The van der Waals surface area contributed by atoms with Crippen molar-refractivity contribution in [2.45, 2.75) is 25.6 Å². The largest absolute Gasteiger partial charge is 0.454 e. The molecule has 0 aromatic heterocycles. The van der Waals surface area contributed by atoms with Crippen molar-refractivity contribution in [1.29, 1.82) is 0 Å². The van der Waals surface area contributed by atoms with Crippen LogP contribution >= 0.6 is 23.2 Å². The van der Waals surface area contributed by atoms with Crippen LogP contribution in [0.2, 0.25) is 10.0 Å². The van der Waals surface area contributed by atoms with Crippen LogP contribution in [0.1, 0.15) is 27.9 Å². The monoisotopic (exact) mass is 608 g/mol. The van der Waals surface area contributed by atoms with Crippen LogP contribution < -0.4 is 9.47 Å². The molecule has 2 amide bonds. The van der Waals surface area contributed by atoms with Gasteiger partial charge in [-0.3, -0.25) is 14.5 Å². The van der Waals surface area contributed by atoms with Crippen LogP contribution in [0.4, 0.5) is 0 Å². The average molecular weight is 610 g/mol. The maximum Gasteiger partial charge on any atom is 0.254 e. The van der Waals surface area contributed by atoms with Gasteiger partial charge in [0.05, 0.1) is 22.3 Å². The number of halogens is 2. The van der Waals surface area contributed by atoms with Crippen molar-refractivity contribution in [3.63, 3.8) is 0 Å². The zero-order valence-electron chi connectivity index (χ0n) is 22.9. The fraction of sp³-hybridized carbons (Fsp3) is 0.323. The smallest absolute Gasteiger partial charge is 0.254 e. The Labute approximate surface area is 254 Å². The van der Waals surface area contributed by atoms with Crippen molar-refractivity contribution in [3.05, 3.63) is 93.5 Å². The Hall–Kier alpha value is -3.79. The standard InChI is InChI=1S/C31H30Cl2N4O5/c32-25-8-6-22(14-26(25)33)19-42-34-24-16-27(37(18-24)30(38)23-4-2-1-3-5-23)31(39)36-12-10-35(11-13-36)17-21-7-9-28-29(15-21)41-20-40-28/h1-9,14-15,27H,10-13,16-20H2/t27-/m0/s1. The van der Waals surface area contributed by atoms with E-state index in [1.807, 2.05) is 47.4 Å². The van der Waals surface area contributed by atoms with E-state index >= 15 is 0 Å². The molecule has 3 heterocycles. The van der Waals surface area contributed by atoms with Crippen LogP contribution in [0.5, 0.6) is 11.5 Å². The second-order valence-corrected chi connectivity index (χ2v) is 11.3. The molecule has 218 valence electrons. The Bertz CT molecular complexity index is 1490. The van der Waals surface area contributed by atoms with E-state index in [0.717, 1.165) is 42.3 Å². The number of oxime groups is 1. The van der Waals surface area contributed by atoms with Crippen molar-refractivity contribution >= 4 is 40.7 Å². The molecule has 3 aromatic carbocycles. The molecule has 9 nitrogen and oxygen atoms in total. The highest BCUT2D eigenvalue weighted by Gasteiger charge is 2.41. The molecule has 0 spiro atoms. The van der Waals surface area contributed by atoms with E-state index in [1.54, 1.807) is 29.2 Å². The molecule has 0 aliphatic carbocycles. The Morgan fingerprint density at radius 3 is 2.43 bits per heavy atom. The summed E-state index contributed by atoms with van der Waals surface area (Å²) in [5.41, 5.74) is 3.12. The number of carbonyl (C=O) groups is 2. The van der Waals surface area contributed by atoms with Gasteiger partial charge in [0.1, 0.15) is 12.6 Å². The molecule has 1 atom stereocenters. The van der Waals surface area contributed by atoms with E-state index in [9.17, 15) is 9.59 Å². The summed E-state index contributed by atoms with van der Waals surface area (Å²) in [4.78, 5) is 38.7. The summed E-state index contributed by atoms with van der Waals surface area (Å²) in [6.45, 7) is 4.03. The highest BCUT2D eigenvalue weighted by atomic mass is 35.5. The van der Waals surface area contributed by atoms with Crippen molar-refractivity contribution < 1.29 is 23.9 Å². The Morgan fingerprint density at radius 1 is 0.881 bits per heavy atom. The fourth-order valence-electron chi connectivity index (χ4n) is 5.41. The minimum Gasteiger partial charge on any atom is -0.454 e. The molecule has 0 bridgehead atoms. The molecule has 3 aromatic rings. The maximum atomic E-state index is 13.8. The molecular formula is C31H30Cl2N4O5. The van der Waals surface area contributed by atoms with Gasteiger partial charge in [-0.2, -0.15) is 0 Å². The third-order valence-electron chi connectivity index (χ3n) is 7.66. The number of rotatable bonds is 7. The quantitative estimate of drug-likeness (QED) is 0.356. The number of piperazine rings is 1. The minimum atomic E-state index is -0.648. The molecule has 3 aliphatic heterocycles. The van der Waals surface area contributed by atoms with Crippen molar-refractivity contribution in [1.82, 2.24) is 14.7 Å². The molecule has 42 heavy (non-hydrogen) atoms. The van der Waals surface area contributed by atoms with Crippen LogP contribution in [0.15, 0.2) is 71.9 Å². The van der Waals surface area contributed by atoms with E-state index in [0.29, 0.717) is 40.8 Å². The molecule has 0 unspecified atom stereocenters. The second kappa shape index (κ2) is 12.6. The van der Waals surface area contributed by atoms with Gasteiger partial charge in [0.15, 0.2) is 11.5 Å². The van der Waals surface area contributed by atoms with Crippen LogP contribution in [0, 0.1) is 0 Å². The van der Waals surface area contributed by atoms with Crippen LogP contribution in [-0.2, 0) is 22.8 Å². The van der Waals surface area contributed by atoms with Gasteiger partial charge < -0.3 is 24.1 Å². The van der Waals surface area contributed by atoms with Crippen LogP contribution in [0.25, 0.3) is 0 Å². The lowest BCUT2D eigenvalue weighted by Gasteiger charge is -2.37. The first-order valence-corrected chi connectivity index (χ1v) is 14.6. The Kier molecular flexibility index (Phi) is 8.51. The molecule has 2 saturated heterocycles. The number of likely N-dealkylation sites (tertiary alicyclic amines) is 1. The predicted octanol–water partition coefficient (Wildman–Crippen LogP) is 4.85. The van der Waals surface area contributed by atoms with Gasteiger partial charge in [-0.05, 0) is 47.5 Å². The summed E-state index contributed by atoms with van der Waals surface area (Å²) in [5, 5.41) is 5.21. The summed E-state index contributed by atoms with van der Waals surface area (Å²) < 4.78 is 10.9. The zero-order valence-corrected chi connectivity index (χ0v) is 24.4. The topological polar surface area (TPSA) is 83.9 Å². The van der Waals surface area contributed by atoms with Gasteiger partial charge in [0, 0.05) is 44.7 Å². The number of fused-ring (bicyclic) bond motifs is 1. The lowest BCUT2D eigenvalue weighted by Crippen LogP contribution is -2.54. The number of carbonyl (C=O) groups excluding carboxylic acids is 2. The first-order chi connectivity index (χ1) is 20.4. The van der Waals surface area contributed by atoms with E-state index < -0.39 is 6.04 Å². The first kappa shape index (κ1) is 28.3. The van der Waals surface area contributed by atoms with Crippen LogP contribution in [0.3, 0.4) is 0 Å². The first-order valence-electron chi connectivity index (χ1n) is 13.8. The molecule has 0 saturated carbocycles. The summed E-state index contributed by atoms with van der Waals surface area (Å²) in [6, 6.07) is 19.6. The third kappa shape index (κ3) is 6.33.